The number of carbonyl (C=O) groups is 1. The highest BCUT2D eigenvalue weighted by Crippen LogP contribution is 2.31. The normalized spacial score (nSPS) is 10.7. The fraction of sp³-hybridized carbons (Fsp3) is 0.105. The molecule has 1 heterocycles. The minimum absolute atomic E-state index is 0.0654. The average Bonchev–Trinajstić information content (AvgIpc) is 3.09. The average molecular weight is 449 g/mol. The van der Waals surface area contributed by atoms with E-state index in [1.54, 1.807) is 28.8 Å². The molecular weight excluding hydrogens is 435 g/mol. The van der Waals surface area contributed by atoms with Crippen LogP contribution in [-0.2, 0) is 6.54 Å². The molecule has 0 spiro atoms. The van der Waals surface area contributed by atoms with Crippen molar-refractivity contribution in [1.29, 1.82) is 0 Å². The lowest BCUT2D eigenvalue weighted by Gasteiger charge is -2.09. The summed E-state index contributed by atoms with van der Waals surface area (Å²) in [5.74, 6) is 0.461. The highest BCUT2D eigenvalue weighted by molar-refractivity contribution is 7.99. The molecule has 0 amide bonds. The number of nitrogens with zero attached hydrogens (tertiary/aromatic N) is 4. The minimum atomic E-state index is -0.510. The zero-order valence-electron chi connectivity index (χ0n) is 14.9. The van der Waals surface area contributed by atoms with Crippen LogP contribution < -0.4 is 0 Å². The standard InChI is InChI=1S/C19H14Cl2N4O3S/c1-2-9-24-18(15-8-5-13(20)10-16(15)21)22-23-19(24)29-11-17(26)12-3-6-14(7-4-12)25(27)28/h2-8,10H,1,9,11H2. The summed E-state index contributed by atoms with van der Waals surface area (Å²) in [5, 5.41) is 20.6. The van der Waals surface area contributed by atoms with E-state index in [1.165, 1.54) is 36.0 Å². The predicted octanol–water partition coefficient (Wildman–Crippen LogP) is 5.32. The lowest BCUT2D eigenvalue weighted by Crippen LogP contribution is -2.05. The highest BCUT2D eigenvalue weighted by atomic mass is 35.5. The predicted molar refractivity (Wildman–Crippen MR) is 114 cm³/mol. The first kappa shape index (κ1) is 21.0. The number of carbonyl (C=O) groups excluding carboxylic acids is 1. The lowest BCUT2D eigenvalue weighted by atomic mass is 10.1. The number of hydrogen-bond acceptors (Lipinski definition) is 6. The zero-order chi connectivity index (χ0) is 21.0. The number of hydrogen-bond donors (Lipinski definition) is 0. The lowest BCUT2D eigenvalue weighted by molar-refractivity contribution is -0.384. The van der Waals surface area contributed by atoms with Gasteiger partial charge in [-0.25, -0.2) is 0 Å². The van der Waals surface area contributed by atoms with Gasteiger partial charge in [0.05, 0.1) is 15.7 Å². The Balaban J connectivity index is 1.80. The third-order valence-corrected chi connectivity index (χ3v) is 5.45. The van der Waals surface area contributed by atoms with Crippen LogP contribution in [0, 0.1) is 10.1 Å². The fourth-order valence-electron chi connectivity index (χ4n) is 2.54. The van der Waals surface area contributed by atoms with Gasteiger partial charge in [-0.1, -0.05) is 41.0 Å². The van der Waals surface area contributed by atoms with Crippen LogP contribution in [0.25, 0.3) is 11.4 Å². The number of thioether (sulfide) groups is 1. The number of nitro benzene ring substituents is 1. The van der Waals surface area contributed by atoms with Crippen LogP contribution in [0.2, 0.25) is 10.0 Å². The van der Waals surface area contributed by atoms with Gasteiger partial charge in [-0.05, 0) is 30.3 Å². The summed E-state index contributed by atoms with van der Waals surface area (Å²) >= 11 is 13.5. The van der Waals surface area contributed by atoms with Gasteiger partial charge in [0, 0.05) is 34.8 Å². The monoisotopic (exact) mass is 448 g/mol. The molecule has 0 bridgehead atoms. The van der Waals surface area contributed by atoms with Gasteiger partial charge >= 0.3 is 0 Å². The molecule has 0 aliphatic heterocycles. The molecule has 2 aromatic carbocycles. The molecule has 3 aromatic rings. The summed E-state index contributed by atoms with van der Waals surface area (Å²) in [4.78, 5) is 22.7. The van der Waals surface area contributed by atoms with Crippen molar-refractivity contribution in [1.82, 2.24) is 14.8 Å². The van der Waals surface area contributed by atoms with E-state index in [-0.39, 0.29) is 17.2 Å². The maximum atomic E-state index is 12.4. The summed E-state index contributed by atoms with van der Waals surface area (Å²) in [6.07, 6.45) is 1.69. The fourth-order valence-corrected chi connectivity index (χ4v) is 3.88. The third-order valence-electron chi connectivity index (χ3n) is 3.93. The summed E-state index contributed by atoms with van der Waals surface area (Å²) in [7, 11) is 0. The molecule has 0 saturated heterocycles. The number of ketones is 1. The molecule has 0 unspecified atom stereocenters. The van der Waals surface area contributed by atoms with Crippen molar-refractivity contribution in [3.05, 3.63) is 80.8 Å². The van der Waals surface area contributed by atoms with E-state index < -0.39 is 4.92 Å². The molecule has 0 aliphatic rings. The zero-order valence-corrected chi connectivity index (χ0v) is 17.2. The summed E-state index contributed by atoms with van der Waals surface area (Å²) in [5.41, 5.74) is 0.988. The van der Waals surface area contributed by atoms with Crippen molar-refractivity contribution in [3.63, 3.8) is 0 Å². The van der Waals surface area contributed by atoms with Crippen molar-refractivity contribution >= 4 is 46.4 Å². The molecule has 0 fully saturated rings. The Morgan fingerprint density at radius 2 is 1.93 bits per heavy atom. The number of Topliss-reactive ketones (excluding diaryl/α,β-unsaturated/α-hetero) is 1. The topological polar surface area (TPSA) is 90.9 Å². The van der Waals surface area contributed by atoms with E-state index in [9.17, 15) is 14.9 Å². The van der Waals surface area contributed by atoms with E-state index in [4.69, 9.17) is 23.2 Å². The number of rotatable bonds is 8. The second-order valence-electron chi connectivity index (χ2n) is 5.85. The van der Waals surface area contributed by atoms with E-state index in [1.807, 2.05) is 0 Å². The van der Waals surface area contributed by atoms with Crippen molar-refractivity contribution < 1.29 is 9.72 Å². The van der Waals surface area contributed by atoms with Crippen LogP contribution >= 0.6 is 35.0 Å². The van der Waals surface area contributed by atoms with Crippen LogP contribution in [0.4, 0.5) is 5.69 Å². The molecule has 0 saturated carbocycles. The SMILES string of the molecule is C=CCn1c(SCC(=O)c2ccc([N+](=O)[O-])cc2)nnc1-c1ccc(Cl)cc1Cl. The molecule has 0 radical (unpaired) electrons. The van der Waals surface area contributed by atoms with Crippen LogP contribution in [0.15, 0.2) is 60.3 Å². The van der Waals surface area contributed by atoms with Gasteiger partial charge in [0.1, 0.15) is 0 Å². The minimum Gasteiger partial charge on any atom is -0.298 e. The van der Waals surface area contributed by atoms with Gasteiger partial charge in [0.2, 0.25) is 0 Å². The van der Waals surface area contributed by atoms with Crippen molar-refractivity contribution in [2.24, 2.45) is 0 Å². The quantitative estimate of drug-likeness (QED) is 0.152. The van der Waals surface area contributed by atoms with Gasteiger partial charge in [0.25, 0.3) is 5.69 Å². The van der Waals surface area contributed by atoms with Crippen molar-refractivity contribution in [2.75, 3.05) is 5.75 Å². The first-order valence-corrected chi connectivity index (χ1v) is 10.0. The molecule has 0 aliphatic carbocycles. The van der Waals surface area contributed by atoms with Gasteiger partial charge in [-0.3, -0.25) is 19.5 Å². The largest absolute Gasteiger partial charge is 0.298 e. The molecule has 148 valence electrons. The number of halogens is 2. The maximum Gasteiger partial charge on any atom is 0.269 e. The molecular formula is C19H14Cl2N4O3S. The molecule has 0 N–H and O–H groups in total. The number of allylic oxidation sites excluding steroid dienone is 1. The molecule has 7 nitrogen and oxygen atoms in total. The number of non-ortho nitro benzene ring substituents is 1. The first-order valence-electron chi connectivity index (χ1n) is 8.30. The highest BCUT2D eigenvalue weighted by Gasteiger charge is 2.18. The van der Waals surface area contributed by atoms with E-state index in [0.717, 1.165) is 0 Å². The second-order valence-corrected chi connectivity index (χ2v) is 7.63. The van der Waals surface area contributed by atoms with E-state index >= 15 is 0 Å². The van der Waals surface area contributed by atoms with Gasteiger partial charge < -0.3 is 0 Å². The van der Waals surface area contributed by atoms with Gasteiger partial charge in [-0.2, -0.15) is 0 Å². The third kappa shape index (κ3) is 4.84. The Hall–Kier alpha value is -2.68. The van der Waals surface area contributed by atoms with Crippen molar-refractivity contribution in [3.8, 4) is 11.4 Å². The maximum absolute atomic E-state index is 12.4. The Morgan fingerprint density at radius 3 is 2.55 bits per heavy atom. The Bertz CT molecular complexity index is 1080. The van der Waals surface area contributed by atoms with Crippen LogP contribution in [0.1, 0.15) is 10.4 Å². The van der Waals surface area contributed by atoms with Gasteiger partial charge in [-0.15, -0.1) is 16.8 Å². The molecule has 3 rings (SSSR count). The Kier molecular flexibility index (Phi) is 6.68. The number of aromatic nitrogens is 3. The van der Waals surface area contributed by atoms with Crippen LogP contribution in [0.5, 0.6) is 0 Å². The van der Waals surface area contributed by atoms with Gasteiger partial charge in [0.15, 0.2) is 16.8 Å². The summed E-state index contributed by atoms with van der Waals surface area (Å²) in [6, 6.07) is 10.6. The molecule has 10 heteroatoms. The Morgan fingerprint density at radius 1 is 1.21 bits per heavy atom. The Labute approximate surface area is 180 Å². The second kappa shape index (κ2) is 9.21. The van der Waals surface area contributed by atoms with Crippen LogP contribution in [-0.4, -0.2) is 31.2 Å². The van der Waals surface area contributed by atoms with E-state index in [2.05, 4.69) is 16.8 Å². The summed E-state index contributed by atoms with van der Waals surface area (Å²) in [6.45, 7) is 4.18. The number of benzene rings is 2. The smallest absolute Gasteiger partial charge is 0.269 e. The molecule has 29 heavy (non-hydrogen) atoms. The van der Waals surface area contributed by atoms with Crippen molar-refractivity contribution in [2.45, 2.75) is 11.7 Å². The first-order chi connectivity index (χ1) is 13.9. The molecule has 0 atom stereocenters. The van der Waals surface area contributed by atoms with E-state index in [0.29, 0.717) is 38.7 Å². The summed E-state index contributed by atoms with van der Waals surface area (Å²) < 4.78 is 1.80. The van der Waals surface area contributed by atoms with Crippen LogP contribution in [0.3, 0.4) is 0 Å². The number of nitro groups is 1. The molecule has 1 aromatic heterocycles.